The van der Waals surface area contributed by atoms with Crippen LogP contribution in [0.15, 0.2) is 41.8 Å². The molecule has 1 amide bonds. The molecule has 1 atom stereocenters. The van der Waals surface area contributed by atoms with Gasteiger partial charge in [-0.2, -0.15) is 0 Å². The molecular weight excluding hydrogens is 326 g/mol. The van der Waals surface area contributed by atoms with Crippen LogP contribution in [0.1, 0.15) is 16.8 Å². The molecule has 3 rings (SSSR count). The van der Waals surface area contributed by atoms with Crippen molar-refractivity contribution in [3.8, 4) is 0 Å². The molecule has 2 heterocycles. The van der Waals surface area contributed by atoms with Gasteiger partial charge in [0.15, 0.2) is 0 Å². The molecule has 4 nitrogen and oxygen atoms in total. The van der Waals surface area contributed by atoms with Crippen molar-refractivity contribution < 1.29 is 4.79 Å². The van der Waals surface area contributed by atoms with Crippen LogP contribution in [0.5, 0.6) is 0 Å². The summed E-state index contributed by atoms with van der Waals surface area (Å²) in [6.45, 7) is 3.19. The zero-order valence-electron chi connectivity index (χ0n) is 13.2. The van der Waals surface area contributed by atoms with Crippen molar-refractivity contribution >= 4 is 38.8 Å². The number of fused-ring (bicyclic) bond motifs is 1. The topological polar surface area (TPSA) is 45.2 Å². The highest BCUT2D eigenvalue weighted by molar-refractivity contribution is 7.18. The van der Waals surface area contributed by atoms with Crippen LogP contribution in [0.2, 0.25) is 0 Å². The molecule has 0 radical (unpaired) electrons. The summed E-state index contributed by atoms with van der Waals surface area (Å²) >= 11 is 3.34. The molecule has 0 spiro atoms. The fraction of sp³-hybridized carbons (Fsp3) is 0.294. The van der Waals surface area contributed by atoms with Crippen LogP contribution in [0, 0.1) is 0 Å². The van der Waals surface area contributed by atoms with E-state index in [4.69, 9.17) is 0 Å². The molecule has 1 aromatic carbocycles. The number of hydrogen-bond acceptors (Lipinski definition) is 5. The highest BCUT2D eigenvalue weighted by Gasteiger charge is 2.19. The van der Waals surface area contributed by atoms with Crippen LogP contribution in [0.4, 0.5) is 0 Å². The summed E-state index contributed by atoms with van der Waals surface area (Å²) in [6, 6.07) is 11.9. The molecule has 6 heteroatoms. The number of rotatable bonds is 6. The third-order valence-electron chi connectivity index (χ3n) is 3.78. The monoisotopic (exact) mass is 345 g/mol. The maximum atomic E-state index is 12.3. The lowest BCUT2D eigenvalue weighted by atomic mass is 10.2. The number of thiophene rings is 1. The second kappa shape index (κ2) is 7.21. The molecule has 0 aliphatic heterocycles. The zero-order valence-corrected chi connectivity index (χ0v) is 14.8. The Hall–Kier alpha value is -1.76. The second-order valence-corrected chi connectivity index (χ2v) is 7.61. The second-order valence-electron chi connectivity index (χ2n) is 5.46. The van der Waals surface area contributed by atoms with Crippen molar-refractivity contribution in [2.75, 3.05) is 7.05 Å². The van der Waals surface area contributed by atoms with Crippen molar-refractivity contribution in [3.05, 3.63) is 51.7 Å². The normalized spacial score (nSPS) is 12.7. The van der Waals surface area contributed by atoms with Gasteiger partial charge in [0, 0.05) is 4.88 Å². The van der Waals surface area contributed by atoms with E-state index in [1.54, 1.807) is 22.7 Å². The van der Waals surface area contributed by atoms with Crippen molar-refractivity contribution in [1.29, 1.82) is 0 Å². The van der Waals surface area contributed by atoms with E-state index < -0.39 is 0 Å². The lowest BCUT2D eigenvalue weighted by Crippen LogP contribution is -2.42. The molecule has 0 bridgehead atoms. The zero-order chi connectivity index (χ0) is 16.2. The van der Waals surface area contributed by atoms with Crippen LogP contribution < -0.4 is 5.32 Å². The number of para-hydroxylation sites is 1. The Morgan fingerprint density at radius 1 is 1.30 bits per heavy atom. The molecule has 2 aromatic heterocycles. The van der Waals surface area contributed by atoms with Gasteiger partial charge in [-0.15, -0.1) is 22.7 Å². The summed E-state index contributed by atoms with van der Waals surface area (Å²) in [5, 5.41) is 6.04. The maximum Gasteiger partial charge on any atom is 0.237 e. The van der Waals surface area contributed by atoms with E-state index in [1.807, 2.05) is 54.6 Å². The van der Waals surface area contributed by atoms with Gasteiger partial charge < -0.3 is 5.32 Å². The SMILES string of the molecule is C[C@H](C(=O)NCc1cccs1)N(C)Cc1nc2ccccc2s1. The first-order valence-electron chi connectivity index (χ1n) is 7.48. The van der Waals surface area contributed by atoms with Crippen molar-refractivity contribution in [2.45, 2.75) is 26.1 Å². The number of carbonyl (C=O) groups is 1. The van der Waals surface area contributed by atoms with Gasteiger partial charge in [-0.25, -0.2) is 4.98 Å². The van der Waals surface area contributed by atoms with Gasteiger partial charge in [-0.1, -0.05) is 18.2 Å². The fourth-order valence-electron chi connectivity index (χ4n) is 2.27. The number of likely N-dealkylation sites (N-methyl/N-ethyl adjacent to an activating group) is 1. The number of nitrogens with zero attached hydrogens (tertiary/aromatic N) is 2. The molecule has 23 heavy (non-hydrogen) atoms. The van der Waals surface area contributed by atoms with Gasteiger partial charge in [-0.05, 0) is 37.6 Å². The Balaban J connectivity index is 1.57. The van der Waals surface area contributed by atoms with Gasteiger partial charge in [0.1, 0.15) is 5.01 Å². The predicted molar refractivity (Wildman–Crippen MR) is 96.7 cm³/mol. The number of thiazole rings is 1. The summed E-state index contributed by atoms with van der Waals surface area (Å²) in [7, 11) is 1.96. The van der Waals surface area contributed by atoms with Gasteiger partial charge >= 0.3 is 0 Å². The maximum absolute atomic E-state index is 12.3. The Morgan fingerprint density at radius 2 is 2.13 bits per heavy atom. The average molecular weight is 345 g/mol. The highest BCUT2D eigenvalue weighted by atomic mass is 32.1. The van der Waals surface area contributed by atoms with Crippen LogP contribution in [-0.4, -0.2) is 28.9 Å². The highest BCUT2D eigenvalue weighted by Crippen LogP contribution is 2.22. The summed E-state index contributed by atoms with van der Waals surface area (Å²) in [5.74, 6) is 0.0435. The number of benzene rings is 1. The first-order chi connectivity index (χ1) is 11.1. The summed E-state index contributed by atoms with van der Waals surface area (Å²) in [4.78, 5) is 20.1. The summed E-state index contributed by atoms with van der Waals surface area (Å²) < 4.78 is 1.19. The molecule has 0 saturated carbocycles. The average Bonchev–Trinajstić information content (AvgIpc) is 3.20. The first kappa shape index (κ1) is 16.1. The molecule has 0 unspecified atom stereocenters. The van der Waals surface area contributed by atoms with Crippen LogP contribution >= 0.6 is 22.7 Å². The van der Waals surface area contributed by atoms with E-state index in [-0.39, 0.29) is 11.9 Å². The third kappa shape index (κ3) is 3.96. The molecule has 3 aromatic rings. The molecule has 0 aliphatic rings. The van der Waals surface area contributed by atoms with E-state index in [1.165, 1.54) is 9.58 Å². The smallest absolute Gasteiger partial charge is 0.237 e. The Kier molecular flexibility index (Phi) is 5.05. The van der Waals surface area contributed by atoms with Gasteiger partial charge in [0.2, 0.25) is 5.91 Å². The van der Waals surface area contributed by atoms with E-state index in [0.717, 1.165) is 10.5 Å². The Bertz CT molecular complexity index is 749. The van der Waals surface area contributed by atoms with Crippen LogP contribution in [0.3, 0.4) is 0 Å². The number of hydrogen-bond donors (Lipinski definition) is 1. The quantitative estimate of drug-likeness (QED) is 0.744. The standard InChI is InChI=1S/C17H19N3OS2/c1-12(17(21)18-10-13-6-5-9-22-13)20(2)11-16-19-14-7-3-4-8-15(14)23-16/h3-9,12H,10-11H2,1-2H3,(H,18,21)/t12-/m1/s1. The first-order valence-corrected chi connectivity index (χ1v) is 9.18. The minimum Gasteiger partial charge on any atom is -0.350 e. The molecular formula is C17H19N3OS2. The lowest BCUT2D eigenvalue weighted by molar-refractivity contribution is -0.125. The third-order valence-corrected chi connectivity index (χ3v) is 5.68. The number of nitrogens with one attached hydrogen (secondary N) is 1. The fourth-order valence-corrected chi connectivity index (χ4v) is 3.95. The minimum atomic E-state index is -0.193. The van der Waals surface area contributed by atoms with Gasteiger partial charge in [0.25, 0.3) is 0 Å². The van der Waals surface area contributed by atoms with Crippen molar-refractivity contribution in [3.63, 3.8) is 0 Å². The number of amides is 1. The molecule has 0 fully saturated rings. The largest absolute Gasteiger partial charge is 0.350 e. The van der Waals surface area contributed by atoms with E-state index >= 15 is 0 Å². The summed E-state index contributed by atoms with van der Waals surface area (Å²) in [6.07, 6.45) is 0. The number of carbonyl (C=O) groups excluding carboxylic acids is 1. The Morgan fingerprint density at radius 3 is 2.87 bits per heavy atom. The molecule has 120 valence electrons. The lowest BCUT2D eigenvalue weighted by Gasteiger charge is -2.22. The van der Waals surface area contributed by atoms with Gasteiger partial charge in [-0.3, -0.25) is 9.69 Å². The van der Waals surface area contributed by atoms with Gasteiger partial charge in [0.05, 0.1) is 29.3 Å². The summed E-state index contributed by atoms with van der Waals surface area (Å²) in [5.41, 5.74) is 1.02. The predicted octanol–water partition coefficient (Wildman–Crippen LogP) is 3.49. The van der Waals surface area contributed by atoms with E-state index in [9.17, 15) is 4.79 Å². The van der Waals surface area contributed by atoms with Crippen LogP contribution in [0.25, 0.3) is 10.2 Å². The van der Waals surface area contributed by atoms with E-state index in [2.05, 4.69) is 16.4 Å². The molecule has 0 aliphatic carbocycles. The Labute approximate surface area is 143 Å². The van der Waals surface area contributed by atoms with E-state index in [0.29, 0.717) is 13.1 Å². The van der Waals surface area contributed by atoms with Crippen molar-refractivity contribution in [2.24, 2.45) is 0 Å². The minimum absolute atomic E-state index is 0.0435. The molecule has 0 saturated heterocycles. The van der Waals surface area contributed by atoms with Crippen LogP contribution in [-0.2, 0) is 17.9 Å². The molecule has 1 N–H and O–H groups in total. The number of aromatic nitrogens is 1. The van der Waals surface area contributed by atoms with Crippen molar-refractivity contribution in [1.82, 2.24) is 15.2 Å².